The third-order valence-electron chi connectivity index (χ3n) is 2.45. The molecule has 2 aromatic rings. The topological polar surface area (TPSA) is 50.9 Å². The lowest BCUT2D eigenvalue weighted by atomic mass is 10.2. The molecule has 1 aromatic heterocycles. The Kier molecular flexibility index (Phi) is 3.10. The highest BCUT2D eigenvalue weighted by atomic mass is 32.1. The van der Waals surface area contributed by atoms with E-state index in [9.17, 15) is 0 Å². The summed E-state index contributed by atoms with van der Waals surface area (Å²) in [4.78, 5) is 5.44. The number of benzene rings is 1. The number of nitrogens with one attached hydrogen (secondary N) is 1. The summed E-state index contributed by atoms with van der Waals surface area (Å²) in [6.45, 7) is 4.80. The summed E-state index contributed by atoms with van der Waals surface area (Å²) in [7, 11) is 0. The van der Waals surface area contributed by atoms with Crippen LogP contribution in [0.4, 0.5) is 11.4 Å². The number of hydrogen-bond donors (Lipinski definition) is 2. The van der Waals surface area contributed by atoms with Crippen LogP contribution >= 0.6 is 11.3 Å². The molecule has 1 aromatic carbocycles. The summed E-state index contributed by atoms with van der Waals surface area (Å²) in [5.74, 6) is 0. The maximum Gasteiger partial charge on any atom is 0.0897 e. The van der Waals surface area contributed by atoms with Gasteiger partial charge in [0.1, 0.15) is 0 Å². The summed E-state index contributed by atoms with van der Waals surface area (Å²) < 4.78 is 0. The summed E-state index contributed by atoms with van der Waals surface area (Å²) >= 11 is 1.70. The Morgan fingerprint density at radius 3 is 2.88 bits per heavy atom. The van der Waals surface area contributed by atoms with Crippen molar-refractivity contribution in [3.05, 3.63) is 39.8 Å². The summed E-state index contributed by atoms with van der Waals surface area (Å²) in [5, 5.41) is 4.42. The minimum absolute atomic E-state index is 0.777. The van der Waals surface area contributed by atoms with Crippen molar-refractivity contribution in [2.75, 3.05) is 11.1 Å². The smallest absolute Gasteiger partial charge is 0.0897 e. The van der Waals surface area contributed by atoms with E-state index in [4.69, 9.17) is 5.73 Å². The van der Waals surface area contributed by atoms with Gasteiger partial charge in [-0.2, -0.15) is 0 Å². The van der Waals surface area contributed by atoms with Crippen molar-refractivity contribution in [3.63, 3.8) is 0 Å². The Hall–Kier alpha value is -1.55. The molecule has 16 heavy (non-hydrogen) atoms. The lowest BCUT2D eigenvalue weighted by molar-refractivity contribution is 1.17. The highest BCUT2D eigenvalue weighted by molar-refractivity contribution is 7.11. The number of para-hydroxylation sites is 1. The largest absolute Gasteiger partial charge is 0.397 e. The SMILES string of the molecule is Cc1ncc(CNc2cccc(C)c2N)s1. The van der Waals surface area contributed by atoms with Crippen molar-refractivity contribution in [2.24, 2.45) is 0 Å². The number of nitrogens with zero attached hydrogens (tertiary/aromatic N) is 1. The number of aryl methyl sites for hydroxylation is 2. The number of aromatic nitrogens is 1. The summed E-state index contributed by atoms with van der Waals surface area (Å²) in [5.41, 5.74) is 8.89. The van der Waals surface area contributed by atoms with Gasteiger partial charge in [0.2, 0.25) is 0 Å². The Morgan fingerprint density at radius 2 is 2.19 bits per heavy atom. The molecule has 2 rings (SSSR count). The maximum absolute atomic E-state index is 5.98. The lowest BCUT2D eigenvalue weighted by Crippen LogP contribution is -2.02. The number of anilines is 2. The molecule has 0 unspecified atom stereocenters. The van der Waals surface area contributed by atoms with Crippen LogP contribution in [-0.4, -0.2) is 4.98 Å². The third kappa shape index (κ3) is 2.33. The standard InChI is InChI=1S/C12H15N3S/c1-8-4-3-5-11(12(8)13)15-7-10-6-14-9(2)16-10/h3-6,15H,7,13H2,1-2H3. The minimum atomic E-state index is 0.777. The van der Waals surface area contributed by atoms with Crippen LogP contribution in [0.25, 0.3) is 0 Å². The second-order valence-electron chi connectivity index (χ2n) is 3.74. The van der Waals surface area contributed by atoms with Gasteiger partial charge in [0.25, 0.3) is 0 Å². The van der Waals surface area contributed by atoms with Gasteiger partial charge in [-0.3, -0.25) is 0 Å². The molecule has 0 atom stereocenters. The number of hydrogen-bond acceptors (Lipinski definition) is 4. The van der Waals surface area contributed by atoms with E-state index in [0.717, 1.165) is 28.5 Å². The molecule has 3 nitrogen and oxygen atoms in total. The molecule has 0 saturated carbocycles. The highest BCUT2D eigenvalue weighted by Gasteiger charge is 2.02. The average Bonchev–Trinajstić information content (AvgIpc) is 2.67. The number of rotatable bonds is 3. The molecule has 0 amide bonds. The van der Waals surface area contributed by atoms with Crippen LogP contribution in [0.2, 0.25) is 0 Å². The normalized spacial score (nSPS) is 10.4. The van der Waals surface area contributed by atoms with E-state index in [-0.39, 0.29) is 0 Å². The number of nitrogen functional groups attached to an aromatic ring is 1. The highest BCUT2D eigenvalue weighted by Crippen LogP contribution is 2.23. The molecule has 0 radical (unpaired) electrons. The molecule has 0 saturated heterocycles. The zero-order chi connectivity index (χ0) is 11.5. The van der Waals surface area contributed by atoms with Crippen molar-refractivity contribution >= 4 is 22.7 Å². The van der Waals surface area contributed by atoms with E-state index >= 15 is 0 Å². The number of thiazole rings is 1. The van der Waals surface area contributed by atoms with Gasteiger partial charge in [-0.15, -0.1) is 11.3 Å². The second kappa shape index (κ2) is 4.53. The van der Waals surface area contributed by atoms with Crippen molar-refractivity contribution in [3.8, 4) is 0 Å². The van der Waals surface area contributed by atoms with Gasteiger partial charge >= 0.3 is 0 Å². The Labute approximate surface area is 99.3 Å². The van der Waals surface area contributed by atoms with Gasteiger partial charge in [0.05, 0.1) is 22.9 Å². The summed E-state index contributed by atoms with van der Waals surface area (Å²) in [6.07, 6.45) is 1.90. The van der Waals surface area contributed by atoms with Crippen molar-refractivity contribution < 1.29 is 0 Å². The monoisotopic (exact) mass is 233 g/mol. The molecule has 4 heteroatoms. The number of nitrogens with two attached hydrogens (primary N) is 1. The first-order chi connectivity index (χ1) is 7.66. The Balaban J connectivity index is 2.07. The van der Waals surface area contributed by atoms with Gasteiger partial charge in [0, 0.05) is 11.1 Å². The van der Waals surface area contributed by atoms with Gasteiger partial charge in [-0.1, -0.05) is 12.1 Å². The fourth-order valence-electron chi connectivity index (χ4n) is 1.50. The summed E-state index contributed by atoms with van der Waals surface area (Å²) in [6, 6.07) is 6.01. The molecular weight excluding hydrogens is 218 g/mol. The first-order valence-electron chi connectivity index (χ1n) is 5.17. The first kappa shape index (κ1) is 11.0. The predicted molar refractivity (Wildman–Crippen MR) is 69.8 cm³/mol. The fraction of sp³-hybridized carbons (Fsp3) is 0.250. The Bertz CT molecular complexity index is 491. The van der Waals surface area contributed by atoms with Gasteiger partial charge in [0.15, 0.2) is 0 Å². The molecule has 0 aliphatic rings. The molecular formula is C12H15N3S. The fourth-order valence-corrected chi connectivity index (χ4v) is 2.24. The van der Waals surface area contributed by atoms with E-state index in [1.165, 1.54) is 4.88 Å². The minimum Gasteiger partial charge on any atom is -0.397 e. The van der Waals surface area contributed by atoms with Crippen LogP contribution in [0.3, 0.4) is 0 Å². The van der Waals surface area contributed by atoms with E-state index < -0.39 is 0 Å². The van der Waals surface area contributed by atoms with Crippen LogP contribution < -0.4 is 11.1 Å². The van der Waals surface area contributed by atoms with E-state index in [0.29, 0.717) is 0 Å². The molecule has 0 fully saturated rings. The predicted octanol–water partition coefficient (Wildman–Crippen LogP) is 2.95. The lowest BCUT2D eigenvalue weighted by Gasteiger charge is -2.09. The maximum atomic E-state index is 5.98. The van der Waals surface area contributed by atoms with Crippen LogP contribution in [-0.2, 0) is 6.54 Å². The zero-order valence-corrected chi connectivity index (χ0v) is 10.3. The van der Waals surface area contributed by atoms with E-state index in [1.54, 1.807) is 11.3 Å². The van der Waals surface area contributed by atoms with Crippen LogP contribution in [0.5, 0.6) is 0 Å². The molecule has 0 spiro atoms. The molecule has 0 aliphatic carbocycles. The van der Waals surface area contributed by atoms with E-state index in [1.807, 2.05) is 38.2 Å². The second-order valence-corrected chi connectivity index (χ2v) is 5.05. The van der Waals surface area contributed by atoms with Crippen molar-refractivity contribution in [1.82, 2.24) is 4.98 Å². The zero-order valence-electron chi connectivity index (χ0n) is 9.45. The van der Waals surface area contributed by atoms with Gasteiger partial charge in [-0.25, -0.2) is 4.98 Å². The third-order valence-corrected chi connectivity index (χ3v) is 3.36. The molecule has 84 valence electrons. The van der Waals surface area contributed by atoms with Crippen molar-refractivity contribution in [2.45, 2.75) is 20.4 Å². The molecule has 3 N–H and O–H groups in total. The van der Waals surface area contributed by atoms with Gasteiger partial charge < -0.3 is 11.1 Å². The van der Waals surface area contributed by atoms with Crippen molar-refractivity contribution in [1.29, 1.82) is 0 Å². The molecule has 0 bridgehead atoms. The average molecular weight is 233 g/mol. The Morgan fingerprint density at radius 1 is 1.38 bits per heavy atom. The van der Waals surface area contributed by atoms with Crippen LogP contribution in [0.15, 0.2) is 24.4 Å². The molecule has 0 aliphatic heterocycles. The van der Waals surface area contributed by atoms with Gasteiger partial charge in [-0.05, 0) is 25.5 Å². The van der Waals surface area contributed by atoms with Crippen LogP contribution in [0, 0.1) is 13.8 Å². The van der Waals surface area contributed by atoms with E-state index in [2.05, 4.69) is 10.3 Å². The molecule has 1 heterocycles. The van der Waals surface area contributed by atoms with Crippen LogP contribution in [0.1, 0.15) is 15.4 Å². The first-order valence-corrected chi connectivity index (χ1v) is 5.99. The quantitative estimate of drug-likeness (QED) is 0.801.